The van der Waals surface area contributed by atoms with Crippen molar-refractivity contribution in [3.63, 3.8) is 0 Å². The fraction of sp³-hybridized carbons (Fsp3) is 0.346. The standard InChI is InChI=1S/C26H29FN6O/c1-6-32-24-16(13-30-32)9-18-14-33(26(3,4)5)31-23(18)20-8-7-19(27)11-21(20)15(2)34-22-10-17(24)12-29-25(22)28/h7-8,10-15H,6,9H2,1-5H3,(H2,28,29)/t15-/m1/s1. The van der Waals surface area contributed by atoms with Gasteiger partial charge in [0.05, 0.1) is 23.1 Å². The molecule has 4 heterocycles. The van der Waals surface area contributed by atoms with E-state index in [9.17, 15) is 4.39 Å². The first-order valence-electron chi connectivity index (χ1n) is 11.5. The van der Waals surface area contributed by atoms with Crippen molar-refractivity contribution in [2.24, 2.45) is 0 Å². The first-order chi connectivity index (χ1) is 16.2. The summed E-state index contributed by atoms with van der Waals surface area (Å²) in [5.41, 5.74) is 12.2. The van der Waals surface area contributed by atoms with E-state index in [2.05, 4.69) is 44.0 Å². The molecule has 1 aliphatic heterocycles. The molecule has 3 aromatic heterocycles. The molecule has 0 radical (unpaired) electrons. The predicted octanol–water partition coefficient (Wildman–Crippen LogP) is 5.35. The van der Waals surface area contributed by atoms with Crippen LogP contribution in [0.25, 0.3) is 22.5 Å². The molecule has 2 bridgehead atoms. The normalized spacial score (nSPS) is 15.4. The maximum atomic E-state index is 14.4. The number of rotatable bonds is 1. The van der Waals surface area contributed by atoms with E-state index >= 15 is 0 Å². The first kappa shape index (κ1) is 22.1. The summed E-state index contributed by atoms with van der Waals surface area (Å²) < 4.78 is 24.6. The zero-order valence-corrected chi connectivity index (χ0v) is 20.1. The van der Waals surface area contributed by atoms with Crippen LogP contribution in [0.5, 0.6) is 5.75 Å². The molecular formula is C26H29FN6O. The van der Waals surface area contributed by atoms with Crippen molar-refractivity contribution in [2.45, 2.75) is 59.2 Å². The van der Waals surface area contributed by atoms with Gasteiger partial charge in [0.15, 0.2) is 11.6 Å². The minimum Gasteiger partial charge on any atom is -0.482 e. The first-order valence-corrected chi connectivity index (χ1v) is 11.5. The Morgan fingerprint density at radius 1 is 1.18 bits per heavy atom. The number of nitrogens with two attached hydrogens (primary N) is 1. The van der Waals surface area contributed by atoms with Crippen molar-refractivity contribution >= 4 is 5.82 Å². The van der Waals surface area contributed by atoms with Crippen molar-refractivity contribution in [3.05, 3.63) is 65.4 Å². The molecule has 2 N–H and O–H groups in total. The lowest BCUT2D eigenvalue weighted by atomic mass is 9.94. The van der Waals surface area contributed by atoms with E-state index in [0.717, 1.165) is 33.6 Å². The maximum Gasteiger partial charge on any atom is 0.166 e. The molecule has 0 aliphatic carbocycles. The zero-order valence-electron chi connectivity index (χ0n) is 20.1. The molecule has 7 nitrogen and oxygen atoms in total. The largest absolute Gasteiger partial charge is 0.482 e. The SMILES string of the molecule is CCn1ncc2c1-c1cnc(N)c(c1)O[C@H](C)c1cc(F)ccc1-c1nn(C(C)(C)C)cc1C2. The number of aromatic nitrogens is 5. The summed E-state index contributed by atoms with van der Waals surface area (Å²) in [6.07, 6.45) is 5.87. The van der Waals surface area contributed by atoms with Crippen LogP contribution in [0.1, 0.15) is 57.4 Å². The van der Waals surface area contributed by atoms with Gasteiger partial charge in [-0.3, -0.25) is 9.36 Å². The van der Waals surface area contributed by atoms with Gasteiger partial charge in [-0.05, 0) is 58.9 Å². The van der Waals surface area contributed by atoms with Gasteiger partial charge in [-0.1, -0.05) is 0 Å². The third-order valence-corrected chi connectivity index (χ3v) is 6.24. The molecule has 34 heavy (non-hydrogen) atoms. The van der Waals surface area contributed by atoms with Gasteiger partial charge in [-0.25, -0.2) is 9.37 Å². The summed E-state index contributed by atoms with van der Waals surface area (Å²) in [4.78, 5) is 4.39. The molecule has 0 fully saturated rings. The lowest BCUT2D eigenvalue weighted by Crippen LogP contribution is -2.22. The van der Waals surface area contributed by atoms with E-state index in [1.807, 2.05) is 28.6 Å². The molecule has 0 unspecified atom stereocenters. The van der Waals surface area contributed by atoms with Crippen molar-refractivity contribution < 1.29 is 9.13 Å². The second-order valence-corrected chi connectivity index (χ2v) is 9.73. The Labute approximate surface area is 198 Å². The number of anilines is 1. The van der Waals surface area contributed by atoms with Gasteiger partial charge in [0.1, 0.15) is 11.9 Å². The third-order valence-electron chi connectivity index (χ3n) is 6.24. The van der Waals surface area contributed by atoms with Gasteiger partial charge < -0.3 is 10.5 Å². The Morgan fingerprint density at radius 2 is 1.97 bits per heavy atom. The lowest BCUT2D eigenvalue weighted by molar-refractivity contribution is 0.227. The Kier molecular flexibility index (Phi) is 5.19. The van der Waals surface area contributed by atoms with E-state index in [0.29, 0.717) is 24.3 Å². The summed E-state index contributed by atoms with van der Waals surface area (Å²) in [5, 5.41) is 9.60. The molecule has 5 rings (SSSR count). The quantitative estimate of drug-likeness (QED) is 0.414. The summed E-state index contributed by atoms with van der Waals surface area (Å²) in [6, 6.07) is 6.66. The average molecular weight is 461 g/mol. The summed E-state index contributed by atoms with van der Waals surface area (Å²) >= 11 is 0. The van der Waals surface area contributed by atoms with Crippen LogP contribution in [0, 0.1) is 5.82 Å². The van der Waals surface area contributed by atoms with E-state index in [1.54, 1.807) is 12.3 Å². The van der Waals surface area contributed by atoms with Crippen LogP contribution in [0.2, 0.25) is 0 Å². The second-order valence-electron chi connectivity index (χ2n) is 9.73. The van der Waals surface area contributed by atoms with Gasteiger partial charge >= 0.3 is 0 Å². The molecule has 1 atom stereocenters. The number of benzene rings is 1. The molecular weight excluding hydrogens is 431 g/mol. The molecule has 1 aliphatic rings. The van der Waals surface area contributed by atoms with Gasteiger partial charge in [0.25, 0.3) is 0 Å². The molecule has 8 heteroatoms. The van der Waals surface area contributed by atoms with Crippen molar-refractivity contribution in [3.8, 4) is 28.3 Å². The van der Waals surface area contributed by atoms with Crippen LogP contribution in [-0.4, -0.2) is 24.5 Å². The van der Waals surface area contributed by atoms with Crippen molar-refractivity contribution in [1.82, 2.24) is 24.5 Å². The highest BCUT2D eigenvalue weighted by Crippen LogP contribution is 2.39. The fourth-order valence-electron chi connectivity index (χ4n) is 4.46. The van der Waals surface area contributed by atoms with E-state index in [4.69, 9.17) is 15.6 Å². The number of nitrogens with zero attached hydrogens (tertiary/aromatic N) is 5. The molecule has 4 aromatic rings. The highest BCUT2D eigenvalue weighted by atomic mass is 19.1. The zero-order chi connectivity index (χ0) is 24.2. The number of aryl methyl sites for hydroxylation is 1. The third kappa shape index (κ3) is 3.73. The van der Waals surface area contributed by atoms with E-state index in [-0.39, 0.29) is 17.2 Å². The van der Waals surface area contributed by atoms with Gasteiger partial charge in [-0.2, -0.15) is 10.2 Å². The smallest absolute Gasteiger partial charge is 0.166 e. The number of hydrogen-bond acceptors (Lipinski definition) is 5. The molecule has 0 spiro atoms. The lowest BCUT2D eigenvalue weighted by Gasteiger charge is -2.21. The van der Waals surface area contributed by atoms with Gasteiger partial charge in [-0.15, -0.1) is 0 Å². The van der Waals surface area contributed by atoms with Crippen LogP contribution >= 0.6 is 0 Å². The van der Waals surface area contributed by atoms with Crippen molar-refractivity contribution in [2.75, 3.05) is 5.73 Å². The number of pyridine rings is 1. The minimum atomic E-state index is -0.479. The summed E-state index contributed by atoms with van der Waals surface area (Å²) in [5.74, 6) is 0.410. The number of hydrogen-bond donors (Lipinski definition) is 1. The molecule has 1 aromatic carbocycles. The van der Waals surface area contributed by atoms with Crippen LogP contribution in [0.15, 0.2) is 42.9 Å². The Bertz CT molecular complexity index is 1380. The highest BCUT2D eigenvalue weighted by Gasteiger charge is 2.26. The number of fused-ring (bicyclic) bond motifs is 7. The Morgan fingerprint density at radius 3 is 2.71 bits per heavy atom. The number of nitrogen functional groups attached to an aromatic ring is 1. The average Bonchev–Trinajstić information content (AvgIpc) is 3.39. The molecule has 0 saturated carbocycles. The van der Waals surface area contributed by atoms with Gasteiger partial charge in [0, 0.05) is 53.2 Å². The van der Waals surface area contributed by atoms with Crippen LogP contribution in [0.3, 0.4) is 0 Å². The molecule has 176 valence electrons. The van der Waals surface area contributed by atoms with Crippen LogP contribution in [-0.2, 0) is 18.5 Å². The Hall–Kier alpha value is -3.68. The highest BCUT2D eigenvalue weighted by molar-refractivity contribution is 5.71. The topological polar surface area (TPSA) is 83.8 Å². The van der Waals surface area contributed by atoms with E-state index < -0.39 is 6.10 Å². The summed E-state index contributed by atoms with van der Waals surface area (Å²) in [6.45, 7) is 11.0. The van der Waals surface area contributed by atoms with Crippen molar-refractivity contribution in [1.29, 1.82) is 0 Å². The predicted molar refractivity (Wildman–Crippen MR) is 130 cm³/mol. The minimum absolute atomic E-state index is 0.218. The second kappa shape index (κ2) is 7.97. The van der Waals surface area contributed by atoms with Crippen LogP contribution < -0.4 is 10.5 Å². The number of halogens is 1. The maximum absolute atomic E-state index is 14.4. The number of ether oxygens (including phenoxy) is 1. The van der Waals surface area contributed by atoms with E-state index in [1.165, 1.54) is 12.1 Å². The monoisotopic (exact) mass is 460 g/mol. The molecule has 0 amide bonds. The molecule has 0 saturated heterocycles. The Balaban J connectivity index is 1.82. The fourth-order valence-corrected chi connectivity index (χ4v) is 4.46. The van der Waals surface area contributed by atoms with Gasteiger partial charge in [0.2, 0.25) is 0 Å². The summed E-state index contributed by atoms with van der Waals surface area (Å²) in [7, 11) is 0. The van der Waals surface area contributed by atoms with Crippen LogP contribution in [0.4, 0.5) is 10.2 Å².